The molecule has 2 N–H and O–H groups in total. The smallest absolute Gasteiger partial charge is 0.435 e. The van der Waals surface area contributed by atoms with Crippen LogP contribution in [0.3, 0.4) is 0 Å². The largest absolute Gasteiger partial charge is 0.494 e. The number of rotatable bonds is 9. The maximum Gasteiger partial charge on any atom is 0.435 e. The van der Waals surface area contributed by atoms with Crippen LogP contribution in [0.25, 0.3) is 5.69 Å². The SMILES string of the molecule is CCOc1ccc(C(=O)N[C@H](CNC(=O)c2cn(-c3ccccc3)nc2C(F)(F)F)C(=O)OC)cc1. The van der Waals surface area contributed by atoms with Gasteiger partial charge < -0.3 is 20.1 Å². The first-order chi connectivity index (χ1) is 17.1. The van der Waals surface area contributed by atoms with Gasteiger partial charge in [-0.25, -0.2) is 9.48 Å². The number of nitrogens with one attached hydrogen (secondary N) is 2. The highest BCUT2D eigenvalue weighted by Gasteiger charge is 2.39. The number of aromatic nitrogens is 2. The van der Waals surface area contributed by atoms with Gasteiger partial charge in [0.2, 0.25) is 0 Å². The van der Waals surface area contributed by atoms with Crippen molar-refractivity contribution < 1.29 is 37.0 Å². The van der Waals surface area contributed by atoms with Crippen LogP contribution in [0.15, 0.2) is 60.8 Å². The summed E-state index contributed by atoms with van der Waals surface area (Å²) in [6.45, 7) is 1.72. The second-order valence-electron chi connectivity index (χ2n) is 7.39. The van der Waals surface area contributed by atoms with Crippen molar-refractivity contribution in [2.75, 3.05) is 20.3 Å². The summed E-state index contributed by atoms with van der Waals surface area (Å²) in [4.78, 5) is 37.4. The third-order valence-electron chi connectivity index (χ3n) is 4.93. The highest BCUT2D eigenvalue weighted by molar-refractivity contribution is 5.98. The van der Waals surface area contributed by atoms with Crippen LogP contribution < -0.4 is 15.4 Å². The summed E-state index contributed by atoms with van der Waals surface area (Å²) in [6.07, 6.45) is -3.96. The van der Waals surface area contributed by atoms with Crippen LogP contribution in [0.2, 0.25) is 0 Å². The standard InChI is InChI=1S/C24H23F3N4O5/c1-3-36-17-11-9-15(10-12-17)21(32)29-19(23(34)35-2)13-28-22(33)18-14-31(16-7-5-4-6-8-16)30-20(18)24(25,26)27/h4-12,14,19H,3,13H2,1-2H3,(H,28,33)(H,29,32)/t19-/m1/s1. The lowest BCUT2D eigenvalue weighted by Gasteiger charge is -2.17. The van der Waals surface area contributed by atoms with E-state index in [2.05, 4.69) is 20.5 Å². The minimum Gasteiger partial charge on any atom is -0.494 e. The second-order valence-corrected chi connectivity index (χ2v) is 7.39. The third-order valence-corrected chi connectivity index (χ3v) is 4.93. The molecule has 12 heteroatoms. The molecule has 3 aromatic rings. The van der Waals surface area contributed by atoms with E-state index >= 15 is 0 Å². The van der Waals surface area contributed by atoms with Gasteiger partial charge >= 0.3 is 12.1 Å². The zero-order chi connectivity index (χ0) is 26.3. The van der Waals surface area contributed by atoms with Crippen molar-refractivity contribution in [2.24, 2.45) is 0 Å². The van der Waals surface area contributed by atoms with Crippen LogP contribution in [-0.4, -0.2) is 53.9 Å². The van der Waals surface area contributed by atoms with Crippen molar-refractivity contribution in [1.29, 1.82) is 0 Å². The van der Waals surface area contributed by atoms with E-state index in [-0.39, 0.29) is 5.56 Å². The van der Waals surface area contributed by atoms with Gasteiger partial charge in [-0.1, -0.05) is 18.2 Å². The molecule has 0 aliphatic rings. The minimum absolute atomic E-state index is 0.196. The summed E-state index contributed by atoms with van der Waals surface area (Å²) < 4.78 is 51.6. The number of amides is 2. The van der Waals surface area contributed by atoms with Crippen molar-refractivity contribution in [3.63, 3.8) is 0 Å². The third kappa shape index (κ3) is 6.40. The fraction of sp³-hybridized carbons (Fsp3) is 0.250. The van der Waals surface area contributed by atoms with Crippen LogP contribution >= 0.6 is 0 Å². The number of carbonyl (C=O) groups is 3. The highest BCUT2D eigenvalue weighted by atomic mass is 19.4. The lowest BCUT2D eigenvalue weighted by atomic mass is 10.1. The summed E-state index contributed by atoms with van der Waals surface area (Å²) in [7, 11) is 1.08. The van der Waals surface area contributed by atoms with E-state index in [9.17, 15) is 27.6 Å². The molecular formula is C24H23F3N4O5. The van der Waals surface area contributed by atoms with Gasteiger partial charge in [0.25, 0.3) is 11.8 Å². The number of carbonyl (C=O) groups excluding carboxylic acids is 3. The lowest BCUT2D eigenvalue weighted by Crippen LogP contribution is -2.49. The van der Waals surface area contributed by atoms with Crippen molar-refractivity contribution in [2.45, 2.75) is 19.1 Å². The monoisotopic (exact) mass is 504 g/mol. The Kier molecular flexibility index (Phi) is 8.30. The molecule has 0 aliphatic heterocycles. The number of hydrogen-bond donors (Lipinski definition) is 2. The number of methoxy groups -OCH3 is 1. The van der Waals surface area contributed by atoms with E-state index in [1.807, 2.05) is 0 Å². The first kappa shape index (κ1) is 26.3. The summed E-state index contributed by atoms with van der Waals surface area (Å²) in [5.41, 5.74) is -1.62. The molecule has 3 rings (SSSR count). The van der Waals surface area contributed by atoms with Gasteiger partial charge in [0, 0.05) is 18.3 Å². The Hall–Kier alpha value is -4.35. The Morgan fingerprint density at radius 3 is 2.28 bits per heavy atom. The molecule has 0 saturated carbocycles. The van der Waals surface area contributed by atoms with Gasteiger partial charge in [-0.2, -0.15) is 18.3 Å². The number of para-hydroxylation sites is 1. The predicted octanol–water partition coefficient (Wildman–Crippen LogP) is 2.99. The van der Waals surface area contributed by atoms with Crippen molar-refractivity contribution >= 4 is 17.8 Å². The maximum absolute atomic E-state index is 13.6. The Morgan fingerprint density at radius 2 is 1.69 bits per heavy atom. The van der Waals surface area contributed by atoms with E-state index in [1.54, 1.807) is 37.3 Å². The number of hydrogen-bond acceptors (Lipinski definition) is 6. The van der Waals surface area contributed by atoms with Crippen LogP contribution in [0.5, 0.6) is 5.75 Å². The predicted molar refractivity (Wildman–Crippen MR) is 122 cm³/mol. The van der Waals surface area contributed by atoms with Gasteiger partial charge in [-0.15, -0.1) is 0 Å². The molecule has 36 heavy (non-hydrogen) atoms. The molecule has 0 saturated heterocycles. The van der Waals surface area contributed by atoms with Crippen LogP contribution in [-0.2, 0) is 15.7 Å². The molecular weight excluding hydrogens is 481 g/mol. The minimum atomic E-state index is -4.91. The number of alkyl halides is 3. The molecule has 2 amide bonds. The molecule has 190 valence electrons. The Bertz CT molecular complexity index is 1210. The molecule has 0 aliphatic carbocycles. The number of nitrogens with zero attached hydrogens (tertiary/aromatic N) is 2. The molecule has 1 heterocycles. The molecule has 1 aromatic heterocycles. The summed E-state index contributed by atoms with van der Waals surface area (Å²) >= 11 is 0. The van der Waals surface area contributed by atoms with Crippen LogP contribution in [0, 0.1) is 0 Å². The average Bonchev–Trinajstić information content (AvgIpc) is 3.33. The zero-order valence-electron chi connectivity index (χ0n) is 19.3. The molecule has 0 unspecified atom stereocenters. The number of ether oxygens (including phenoxy) is 2. The van der Waals surface area contributed by atoms with Crippen LogP contribution in [0.1, 0.15) is 33.3 Å². The van der Waals surface area contributed by atoms with Crippen molar-refractivity contribution in [3.05, 3.63) is 77.6 Å². The number of benzene rings is 2. The molecule has 0 fully saturated rings. The van der Waals surface area contributed by atoms with Crippen molar-refractivity contribution in [3.8, 4) is 11.4 Å². The average molecular weight is 504 g/mol. The Labute approximate surface area is 204 Å². The lowest BCUT2D eigenvalue weighted by molar-refractivity contribution is -0.143. The summed E-state index contributed by atoms with van der Waals surface area (Å²) in [5, 5.41) is 8.17. The summed E-state index contributed by atoms with van der Waals surface area (Å²) in [6, 6.07) is 12.7. The number of esters is 1. The van der Waals surface area contributed by atoms with Gasteiger partial charge in [0.05, 0.1) is 25.0 Å². The van der Waals surface area contributed by atoms with Gasteiger partial charge in [0.15, 0.2) is 5.69 Å². The van der Waals surface area contributed by atoms with E-state index in [1.165, 1.54) is 24.3 Å². The molecule has 2 aromatic carbocycles. The highest BCUT2D eigenvalue weighted by Crippen LogP contribution is 2.31. The van der Waals surface area contributed by atoms with Gasteiger partial charge in [-0.3, -0.25) is 9.59 Å². The van der Waals surface area contributed by atoms with E-state index in [0.29, 0.717) is 18.0 Å². The molecule has 0 bridgehead atoms. The van der Waals surface area contributed by atoms with Gasteiger partial charge in [-0.05, 0) is 43.3 Å². The molecule has 0 spiro atoms. The van der Waals surface area contributed by atoms with E-state index in [0.717, 1.165) is 18.0 Å². The normalized spacial score (nSPS) is 11.9. The first-order valence-electron chi connectivity index (χ1n) is 10.8. The second kappa shape index (κ2) is 11.4. The Balaban J connectivity index is 1.76. The summed E-state index contributed by atoms with van der Waals surface area (Å²) in [5.74, 6) is -2.14. The van der Waals surface area contributed by atoms with Crippen molar-refractivity contribution in [1.82, 2.24) is 20.4 Å². The maximum atomic E-state index is 13.6. The number of halogens is 3. The topological polar surface area (TPSA) is 112 Å². The van der Waals surface area contributed by atoms with E-state index in [4.69, 9.17) is 4.74 Å². The first-order valence-corrected chi connectivity index (χ1v) is 10.8. The van der Waals surface area contributed by atoms with Gasteiger partial charge in [0.1, 0.15) is 11.8 Å². The molecule has 0 radical (unpaired) electrons. The molecule has 1 atom stereocenters. The quantitative estimate of drug-likeness (QED) is 0.434. The fourth-order valence-electron chi connectivity index (χ4n) is 3.20. The Morgan fingerprint density at radius 1 is 1.03 bits per heavy atom. The van der Waals surface area contributed by atoms with Crippen LogP contribution in [0.4, 0.5) is 13.2 Å². The fourth-order valence-corrected chi connectivity index (χ4v) is 3.20. The zero-order valence-corrected chi connectivity index (χ0v) is 19.3. The molecule has 9 nitrogen and oxygen atoms in total. The van der Waals surface area contributed by atoms with E-state index < -0.39 is 47.8 Å².